The fraction of sp³-hybridized carbons (Fsp3) is 0.480. The van der Waals surface area contributed by atoms with Crippen LogP contribution in [-0.4, -0.2) is 62.6 Å². The second-order valence-corrected chi connectivity index (χ2v) is 8.07. The first-order chi connectivity index (χ1) is 15.2. The van der Waals surface area contributed by atoms with Crippen molar-refractivity contribution in [2.45, 2.75) is 33.0 Å². The van der Waals surface area contributed by atoms with Crippen LogP contribution in [0.3, 0.4) is 0 Å². The predicted molar refractivity (Wildman–Crippen MR) is 128 cm³/mol. The molecule has 0 aromatic heterocycles. The van der Waals surface area contributed by atoms with Gasteiger partial charge in [-0.05, 0) is 50.7 Å². The number of rotatable bonds is 8. The number of likely N-dealkylation sites (N-methyl/N-ethyl adjacent to an activating group) is 1. The second-order valence-electron chi connectivity index (χ2n) is 8.07. The number of nitrogens with one attached hydrogen (secondary N) is 2. The van der Waals surface area contributed by atoms with Crippen molar-refractivity contribution < 1.29 is 4.74 Å². The van der Waals surface area contributed by atoms with Gasteiger partial charge in [0.2, 0.25) is 0 Å². The van der Waals surface area contributed by atoms with Crippen LogP contribution in [0.4, 0.5) is 0 Å². The molecule has 168 valence electrons. The van der Waals surface area contributed by atoms with Crippen molar-refractivity contribution in [2.75, 3.05) is 46.9 Å². The van der Waals surface area contributed by atoms with Crippen LogP contribution in [0.15, 0.2) is 53.5 Å². The number of aliphatic imine (C=N–C) groups is 1. The van der Waals surface area contributed by atoms with E-state index in [1.165, 1.54) is 30.6 Å². The molecule has 0 bridgehead atoms. The lowest BCUT2D eigenvalue weighted by molar-refractivity contribution is 0.269. The topological polar surface area (TPSA) is 52.1 Å². The van der Waals surface area contributed by atoms with Crippen LogP contribution in [0.5, 0.6) is 5.75 Å². The molecule has 0 unspecified atom stereocenters. The van der Waals surface area contributed by atoms with Crippen molar-refractivity contribution in [2.24, 2.45) is 4.99 Å². The molecule has 3 rings (SSSR count). The van der Waals surface area contributed by atoms with E-state index in [0.717, 1.165) is 43.5 Å². The summed E-state index contributed by atoms with van der Waals surface area (Å²) in [6, 6.07) is 17.0. The standard InChI is InChI=1S/C25H37N5O/c1-4-31-24-9-6-5-8-23(24)19-28-25(26-2)27-18-21-10-12-22(13-11-21)20-30-15-7-14-29(3)16-17-30/h5-6,8-13H,4,7,14-20H2,1-3H3,(H2,26,27,28). The summed E-state index contributed by atoms with van der Waals surface area (Å²) in [5, 5.41) is 6.78. The minimum atomic E-state index is 0.661. The van der Waals surface area contributed by atoms with Crippen LogP contribution in [0.2, 0.25) is 0 Å². The summed E-state index contributed by atoms with van der Waals surface area (Å²) in [6.07, 6.45) is 1.25. The Morgan fingerprint density at radius 1 is 0.935 bits per heavy atom. The minimum absolute atomic E-state index is 0.661. The van der Waals surface area contributed by atoms with Crippen molar-refractivity contribution in [3.05, 3.63) is 65.2 Å². The van der Waals surface area contributed by atoms with E-state index in [0.29, 0.717) is 13.2 Å². The van der Waals surface area contributed by atoms with Gasteiger partial charge in [0.1, 0.15) is 5.75 Å². The number of nitrogens with zero attached hydrogens (tertiary/aromatic N) is 3. The molecule has 2 aromatic rings. The average molecular weight is 424 g/mol. The number of ether oxygens (including phenoxy) is 1. The average Bonchev–Trinajstić information content (AvgIpc) is 3.00. The molecular weight excluding hydrogens is 386 g/mol. The van der Waals surface area contributed by atoms with Gasteiger partial charge in [0.25, 0.3) is 0 Å². The monoisotopic (exact) mass is 423 g/mol. The smallest absolute Gasteiger partial charge is 0.191 e. The Hall–Kier alpha value is -2.57. The highest BCUT2D eigenvalue weighted by Gasteiger charge is 2.12. The SMILES string of the molecule is CCOc1ccccc1CNC(=NC)NCc1ccc(CN2CCCN(C)CC2)cc1. The Labute approximate surface area is 187 Å². The Balaban J connectivity index is 1.46. The summed E-state index contributed by atoms with van der Waals surface area (Å²) in [5.74, 6) is 1.70. The first-order valence-electron chi connectivity index (χ1n) is 11.3. The molecule has 0 radical (unpaired) electrons. The highest BCUT2D eigenvalue weighted by molar-refractivity contribution is 5.79. The summed E-state index contributed by atoms with van der Waals surface area (Å²) < 4.78 is 5.70. The van der Waals surface area contributed by atoms with Crippen LogP contribution in [0.1, 0.15) is 30.0 Å². The maximum atomic E-state index is 5.70. The molecule has 2 aromatic carbocycles. The van der Waals surface area contributed by atoms with Crippen molar-refractivity contribution in [1.29, 1.82) is 0 Å². The molecule has 1 aliphatic heterocycles. The zero-order chi connectivity index (χ0) is 21.9. The van der Waals surface area contributed by atoms with E-state index in [1.807, 2.05) is 25.1 Å². The Kier molecular flexibility index (Phi) is 9.18. The number of benzene rings is 2. The molecule has 0 atom stereocenters. The molecule has 31 heavy (non-hydrogen) atoms. The van der Waals surface area contributed by atoms with Gasteiger partial charge < -0.3 is 20.3 Å². The zero-order valence-electron chi connectivity index (χ0n) is 19.2. The van der Waals surface area contributed by atoms with E-state index >= 15 is 0 Å². The lowest BCUT2D eigenvalue weighted by atomic mass is 10.1. The maximum absolute atomic E-state index is 5.70. The summed E-state index contributed by atoms with van der Waals surface area (Å²) in [5.41, 5.74) is 3.75. The third-order valence-corrected chi connectivity index (χ3v) is 5.64. The molecule has 6 heteroatoms. The fourth-order valence-corrected chi connectivity index (χ4v) is 3.81. The molecule has 1 saturated heterocycles. The number of guanidine groups is 1. The van der Waals surface area contributed by atoms with Crippen LogP contribution < -0.4 is 15.4 Å². The highest BCUT2D eigenvalue weighted by atomic mass is 16.5. The quantitative estimate of drug-likeness (QED) is 0.505. The summed E-state index contributed by atoms with van der Waals surface area (Å²) in [7, 11) is 4.01. The van der Waals surface area contributed by atoms with Crippen molar-refractivity contribution in [3.63, 3.8) is 0 Å². The molecule has 0 spiro atoms. The third kappa shape index (κ3) is 7.56. The van der Waals surface area contributed by atoms with Crippen molar-refractivity contribution in [3.8, 4) is 5.75 Å². The van der Waals surface area contributed by atoms with E-state index in [2.05, 4.69) is 62.8 Å². The van der Waals surface area contributed by atoms with Crippen LogP contribution >= 0.6 is 0 Å². The first-order valence-corrected chi connectivity index (χ1v) is 11.3. The van der Waals surface area contributed by atoms with Gasteiger partial charge in [-0.1, -0.05) is 42.5 Å². The zero-order valence-corrected chi connectivity index (χ0v) is 19.2. The van der Waals surface area contributed by atoms with Gasteiger partial charge in [0, 0.05) is 45.3 Å². The van der Waals surface area contributed by atoms with Gasteiger partial charge in [-0.2, -0.15) is 0 Å². The predicted octanol–water partition coefficient (Wildman–Crippen LogP) is 3.09. The number of hydrogen-bond donors (Lipinski definition) is 2. The normalized spacial score (nSPS) is 16.0. The largest absolute Gasteiger partial charge is 0.494 e. The van der Waals surface area contributed by atoms with Crippen molar-refractivity contribution >= 4 is 5.96 Å². The van der Waals surface area contributed by atoms with Crippen LogP contribution in [0.25, 0.3) is 0 Å². The molecule has 0 aliphatic carbocycles. The summed E-state index contributed by atoms with van der Waals surface area (Å²) >= 11 is 0. The van der Waals surface area contributed by atoms with E-state index in [1.54, 1.807) is 7.05 Å². The van der Waals surface area contributed by atoms with Crippen LogP contribution in [-0.2, 0) is 19.6 Å². The van der Waals surface area contributed by atoms with E-state index < -0.39 is 0 Å². The third-order valence-electron chi connectivity index (χ3n) is 5.64. The molecule has 1 heterocycles. The lowest BCUT2D eigenvalue weighted by Gasteiger charge is -2.20. The molecule has 1 aliphatic rings. The lowest BCUT2D eigenvalue weighted by Crippen LogP contribution is -2.36. The Morgan fingerprint density at radius 2 is 1.68 bits per heavy atom. The van der Waals surface area contributed by atoms with Gasteiger partial charge in [0.05, 0.1) is 6.61 Å². The summed E-state index contributed by atoms with van der Waals surface area (Å²) in [6.45, 7) is 9.79. The highest BCUT2D eigenvalue weighted by Crippen LogP contribution is 2.17. The maximum Gasteiger partial charge on any atom is 0.191 e. The molecule has 0 amide bonds. The van der Waals surface area contributed by atoms with Gasteiger partial charge in [0.15, 0.2) is 5.96 Å². The fourth-order valence-electron chi connectivity index (χ4n) is 3.81. The van der Waals surface area contributed by atoms with E-state index in [9.17, 15) is 0 Å². The molecule has 2 N–H and O–H groups in total. The van der Waals surface area contributed by atoms with E-state index in [4.69, 9.17) is 4.74 Å². The first kappa shape index (κ1) is 23.1. The molecular formula is C25H37N5O. The number of para-hydroxylation sites is 1. The van der Waals surface area contributed by atoms with Gasteiger partial charge in [-0.3, -0.25) is 9.89 Å². The number of hydrogen-bond acceptors (Lipinski definition) is 4. The molecule has 0 saturated carbocycles. The van der Waals surface area contributed by atoms with Gasteiger partial charge in [-0.25, -0.2) is 0 Å². The van der Waals surface area contributed by atoms with Crippen molar-refractivity contribution in [1.82, 2.24) is 20.4 Å². The second kappa shape index (κ2) is 12.3. The summed E-state index contributed by atoms with van der Waals surface area (Å²) in [4.78, 5) is 9.33. The Bertz CT molecular complexity index is 821. The minimum Gasteiger partial charge on any atom is -0.494 e. The van der Waals surface area contributed by atoms with E-state index in [-0.39, 0.29) is 0 Å². The van der Waals surface area contributed by atoms with Crippen LogP contribution in [0, 0.1) is 0 Å². The molecule has 1 fully saturated rings. The van der Waals surface area contributed by atoms with Gasteiger partial charge >= 0.3 is 0 Å². The molecule has 6 nitrogen and oxygen atoms in total. The Morgan fingerprint density at radius 3 is 2.45 bits per heavy atom. The van der Waals surface area contributed by atoms with Gasteiger partial charge in [-0.15, -0.1) is 0 Å².